The summed E-state index contributed by atoms with van der Waals surface area (Å²) < 4.78 is 1.61. The van der Waals surface area contributed by atoms with Crippen molar-refractivity contribution in [2.75, 3.05) is 0 Å². The number of nitrogens with zero attached hydrogens (tertiary/aromatic N) is 3. The lowest BCUT2D eigenvalue weighted by atomic mass is 10.1. The highest BCUT2D eigenvalue weighted by atomic mass is 35.5. The summed E-state index contributed by atoms with van der Waals surface area (Å²) in [5.74, 6) is 0. The molecule has 90 valence electrons. The van der Waals surface area contributed by atoms with Gasteiger partial charge in [-0.2, -0.15) is 0 Å². The molecule has 4 nitrogen and oxygen atoms in total. The SMILES string of the molecule is CCn1nncc1C(O)c1cccc(Cl)c1Cl. The molecule has 0 saturated carbocycles. The molecule has 6 heteroatoms. The predicted octanol–water partition coefficient (Wildman–Crippen LogP) is 2.69. The van der Waals surface area contributed by atoms with Gasteiger partial charge in [0.15, 0.2) is 0 Å². The van der Waals surface area contributed by atoms with Crippen molar-refractivity contribution in [1.29, 1.82) is 0 Å². The number of halogens is 2. The fourth-order valence-corrected chi connectivity index (χ4v) is 2.03. The maximum Gasteiger partial charge on any atom is 0.124 e. The Hall–Kier alpha value is -1.10. The quantitative estimate of drug-likeness (QED) is 0.934. The Kier molecular flexibility index (Phi) is 3.66. The number of hydrogen-bond acceptors (Lipinski definition) is 3. The molecule has 2 aromatic rings. The molecule has 1 aromatic heterocycles. The normalized spacial score (nSPS) is 12.7. The molecule has 1 atom stereocenters. The van der Waals surface area contributed by atoms with Gasteiger partial charge in [-0.05, 0) is 13.0 Å². The fraction of sp³-hybridized carbons (Fsp3) is 0.273. The Morgan fingerprint density at radius 3 is 2.88 bits per heavy atom. The zero-order valence-electron chi connectivity index (χ0n) is 9.14. The number of aromatic nitrogens is 3. The zero-order valence-corrected chi connectivity index (χ0v) is 10.7. The lowest BCUT2D eigenvalue weighted by Gasteiger charge is -2.13. The van der Waals surface area contributed by atoms with Crippen molar-refractivity contribution < 1.29 is 5.11 Å². The second-order valence-electron chi connectivity index (χ2n) is 3.52. The van der Waals surface area contributed by atoms with Crippen LogP contribution in [0.15, 0.2) is 24.4 Å². The first-order valence-electron chi connectivity index (χ1n) is 5.15. The third-order valence-electron chi connectivity index (χ3n) is 2.50. The fourth-order valence-electron chi connectivity index (χ4n) is 1.61. The van der Waals surface area contributed by atoms with Crippen LogP contribution in [0.1, 0.15) is 24.3 Å². The molecule has 0 aliphatic rings. The third-order valence-corrected chi connectivity index (χ3v) is 3.34. The van der Waals surface area contributed by atoms with E-state index in [9.17, 15) is 5.11 Å². The van der Waals surface area contributed by atoms with E-state index in [1.54, 1.807) is 22.9 Å². The number of rotatable bonds is 3. The Balaban J connectivity index is 2.44. The summed E-state index contributed by atoms with van der Waals surface area (Å²) in [7, 11) is 0. The maximum absolute atomic E-state index is 10.3. The highest BCUT2D eigenvalue weighted by molar-refractivity contribution is 6.42. The number of hydrogen-bond donors (Lipinski definition) is 1. The van der Waals surface area contributed by atoms with Gasteiger partial charge in [0.2, 0.25) is 0 Å². The van der Waals surface area contributed by atoms with Crippen LogP contribution >= 0.6 is 23.2 Å². The molecule has 17 heavy (non-hydrogen) atoms. The lowest BCUT2D eigenvalue weighted by molar-refractivity contribution is 0.208. The van der Waals surface area contributed by atoms with Crippen molar-refractivity contribution in [3.8, 4) is 0 Å². The van der Waals surface area contributed by atoms with Gasteiger partial charge < -0.3 is 5.11 Å². The second-order valence-corrected chi connectivity index (χ2v) is 4.31. The lowest BCUT2D eigenvalue weighted by Crippen LogP contribution is -2.09. The highest BCUT2D eigenvalue weighted by Crippen LogP contribution is 2.32. The van der Waals surface area contributed by atoms with Gasteiger partial charge in [-0.25, -0.2) is 4.68 Å². The van der Waals surface area contributed by atoms with E-state index in [2.05, 4.69) is 10.3 Å². The number of aliphatic hydroxyl groups is 1. The first-order chi connectivity index (χ1) is 8.15. The van der Waals surface area contributed by atoms with E-state index in [0.717, 1.165) is 0 Å². The topological polar surface area (TPSA) is 50.9 Å². The molecule has 1 N–H and O–H groups in total. The van der Waals surface area contributed by atoms with Gasteiger partial charge in [0.25, 0.3) is 0 Å². The second kappa shape index (κ2) is 5.04. The monoisotopic (exact) mass is 271 g/mol. The van der Waals surface area contributed by atoms with Gasteiger partial charge >= 0.3 is 0 Å². The summed E-state index contributed by atoms with van der Waals surface area (Å²) in [6, 6.07) is 5.15. The van der Waals surface area contributed by atoms with Crippen molar-refractivity contribution >= 4 is 23.2 Å². The Morgan fingerprint density at radius 1 is 1.41 bits per heavy atom. The standard InChI is InChI=1S/C11H11Cl2N3O/c1-2-16-9(6-14-15-16)11(17)7-4-3-5-8(12)10(7)13/h3-6,11,17H,2H2,1H3. The average Bonchev–Trinajstić information content (AvgIpc) is 2.80. The molecule has 1 heterocycles. The molecule has 0 amide bonds. The van der Waals surface area contributed by atoms with Crippen LogP contribution in [-0.4, -0.2) is 20.1 Å². The van der Waals surface area contributed by atoms with Crippen LogP contribution in [0.5, 0.6) is 0 Å². The molecule has 0 radical (unpaired) electrons. The molecule has 1 unspecified atom stereocenters. The Morgan fingerprint density at radius 2 is 2.18 bits per heavy atom. The van der Waals surface area contributed by atoms with Crippen LogP contribution in [0.25, 0.3) is 0 Å². The van der Waals surface area contributed by atoms with Crippen molar-refractivity contribution in [1.82, 2.24) is 15.0 Å². The van der Waals surface area contributed by atoms with E-state index >= 15 is 0 Å². The number of aliphatic hydroxyl groups excluding tert-OH is 1. The van der Waals surface area contributed by atoms with Crippen LogP contribution < -0.4 is 0 Å². The van der Waals surface area contributed by atoms with Crippen molar-refractivity contribution in [2.45, 2.75) is 19.6 Å². The zero-order chi connectivity index (χ0) is 12.4. The van der Waals surface area contributed by atoms with E-state index in [0.29, 0.717) is 27.8 Å². The van der Waals surface area contributed by atoms with E-state index in [4.69, 9.17) is 23.2 Å². The minimum absolute atomic E-state index is 0.352. The van der Waals surface area contributed by atoms with Gasteiger partial charge in [-0.15, -0.1) is 5.10 Å². The van der Waals surface area contributed by atoms with E-state index in [1.807, 2.05) is 6.92 Å². The predicted molar refractivity (Wildman–Crippen MR) is 66.2 cm³/mol. The van der Waals surface area contributed by atoms with Gasteiger partial charge in [-0.3, -0.25) is 0 Å². The minimum atomic E-state index is -0.879. The van der Waals surface area contributed by atoms with Crippen LogP contribution in [-0.2, 0) is 6.54 Å². The van der Waals surface area contributed by atoms with Crippen LogP contribution in [0.2, 0.25) is 10.0 Å². The number of aryl methyl sites for hydroxylation is 1. The van der Waals surface area contributed by atoms with Gasteiger partial charge in [0, 0.05) is 12.1 Å². The van der Waals surface area contributed by atoms with E-state index < -0.39 is 6.10 Å². The number of benzene rings is 1. The van der Waals surface area contributed by atoms with Crippen molar-refractivity contribution in [3.63, 3.8) is 0 Å². The van der Waals surface area contributed by atoms with Crippen LogP contribution in [0.4, 0.5) is 0 Å². The van der Waals surface area contributed by atoms with Crippen molar-refractivity contribution in [3.05, 3.63) is 45.7 Å². The molecule has 2 rings (SSSR count). The summed E-state index contributed by atoms with van der Waals surface area (Å²) in [5.41, 5.74) is 1.15. The minimum Gasteiger partial charge on any atom is -0.382 e. The van der Waals surface area contributed by atoms with E-state index in [1.165, 1.54) is 6.20 Å². The summed E-state index contributed by atoms with van der Waals surface area (Å²) >= 11 is 12.0. The van der Waals surface area contributed by atoms with Gasteiger partial charge in [0.1, 0.15) is 6.10 Å². The summed E-state index contributed by atoms with van der Waals surface area (Å²) in [4.78, 5) is 0. The molecule has 0 aliphatic carbocycles. The molecule has 0 saturated heterocycles. The smallest absolute Gasteiger partial charge is 0.124 e. The molecule has 0 bridgehead atoms. The molecule has 0 aliphatic heterocycles. The Labute approximate surface area is 109 Å². The highest BCUT2D eigenvalue weighted by Gasteiger charge is 2.19. The Bertz CT molecular complexity index is 527. The maximum atomic E-state index is 10.3. The summed E-state index contributed by atoms with van der Waals surface area (Å²) in [6.07, 6.45) is 0.641. The molecular formula is C11H11Cl2N3O. The third kappa shape index (κ3) is 2.29. The van der Waals surface area contributed by atoms with Gasteiger partial charge in [-0.1, -0.05) is 40.5 Å². The van der Waals surface area contributed by atoms with Crippen molar-refractivity contribution in [2.24, 2.45) is 0 Å². The molecule has 0 spiro atoms. The van der Waals surface area contributed by atoms with Gasteiger partial charge in [0.05, 0.1) is 21.9 Å². The molecule has 0 fully saturated rings. The molecule has 1 aromatic carbocycles. The first kappa shape index (κ1) is 12.4. The first-order valence-corrected chi connectivity index (χ1v) is 5.91. The summed E-state index contributed by atoms with van der Waals surface area (Å²) in [5, 5.41) is 18.7. The van der Waals surface area contributed by atoms with E-state index in [-0.39, 0.29) is 0 Å². The average molecular weight is 272 g/mol. The molecular weight excluding hydrogens is 261 g/mol. The van der Waals surface area contributed by atoms with Crippen LogP contribution in [0.3, 0.4) is 0 Å². The van der Waals surface area contributed by atoms with Crippen LogP contribution in [0, 0.1) is 0 Å². The summed E-state index contributed by atoms with van der Waals surface area (Å²) in [6.45, 7) is 2.55. The largest absolute Gasteiger partial charge is 0.382 e.